The highest BCUT2D eigenvalue weighted by Crippen LogP contribution is 2.42. The minimum atomic E-state index is -0.803. The fourth-order valence-electron chi connectivity index (χ4n) is 10.0. The first kappa shape index (κ1) is 58.4. The number of hydrogen-bond donors (Lipinski definition) is 1. The van der Waals surface area contributed by atoms with Crippen LogP contribution in [0.4, 0.5) is 5.69 Å². The Morgan fingerprint density at radius 3 is 2.13 bits per heavy atom. The molecule has 5 aromatic rings. The molecule has 418 valence electrons. The molecule has 0 aliphatic carbocycles. The van der Waals surface area contributed by atoms with Gasteiger partial charge in [0.05, 0.1) is 81.1 Å². The first-order chi connectivity index (χ1) is 38.1. The Balaban J connectivity index is 0.875. The molecular formula is C62H77N3O13. The van der Waals surface area contributed by atoms with Gasteiger partial charge in [0.15, 0.2) is 29.6 Å². The zero-order valence-electron chi connectivity index (χ0n) is 46.3. The molecule has 2 amide bonds. The average Bonchev–Trinajstić information content (AvgIpc) is 3.49. The van der Waals surface area contributed by atoms with Crippen molar-refractivity contribution in [1.82, 2.24) is 10.2 Å². The van der Waals surface area contributed by atoms with Gasteiger partial charge in [-0.3, -0.25) is 9.59 Å². The van der Waals surface area contributed by atoms with E-state index in [0.29, 0.717) is 124 Å². The number of piperidine rings is 1. The number of hydrogen-bond acceptors (Lipinski definition) is 14. The first-order valence-electron chi connectivity index (χ1n) is 26.9. The van der Waals surface area contributed by atoms with E-state index in [2.05, 4.69) is 71.7 Å². The highest BCUT2D eigenvalue weighted by Gasteiger charge is 2.38. The molecule has 0 saturated carbocycles. The van der Waals surface area contributed by atoms with Gasteiger partial charge in [-0.2, -0.15) is 0 Å². The molecule has 2 aliphatic heterocycles. The maximum atomic E-state index is 14.5. The molecule has 2 heterocycles. The van der Waals surface area contributed by atoms with Gasteiger partial charge >= 0.3 is 5.97 Å². The van der Waals surface area contributed by atoms with Crippen LogP contribution in [-0.2, 0) is 46.3 Å². The van der Waals surface area contributed by atoms with Gasteiger partial charge in [-0.05, 0) is 121 Å². The molecule has 5 aromatic carbocycles. The van der Waals surface area contributed by atoms with Crippen molar-refractivity contribution in [3.63, 3.8) is 0 Å². The minimum absolute atomic E-state index is 0.181. The second-order valence-corrected chi connectivity index (χ2v) is 19.1. The molecule has 16 heteroatoms. The predicted molar refractivity (Wildman–Crippen MR) is 300 cm³/mol. The summed E-state index contributed by atoms with van der Waals surface area (Å²) in [4.78, 5) is 46.0. The van der Waals surface area contributed by atoms with Crippen molar-refractivity contribution in [2.45, 2.75) is 77.0 Å². The number of aryl methyl sites for hydroxylation is 1. The number of amides is 2. The number of allylic oxidation sites excluding steroid dienone is 1. The fourth-order valence-corrected chi connectivity index (χ4v) is 10.0. The lowest BCUT2D eigenvalue weighted by Crippen LogP contribution is -2.50. The van der Waals surface area contributed by atoms with Crippen molar-refractivity contribution in [2.75, 3.05) is 106 Å². The smallest absolute Gasteiger partial charge is 0.329 e. The van der Waals surface area contributed by atoms with Gasteiger partial charge in [-0.15, -0.1) is 0 Å². The molecule has 0 spiro atoms. The van der Waals surface area contributed by atoms with Crippen LogP contribution in [0, 0.1) is 0 Å². The summed E-state index contributed by atoms with van der Waals surface area (Å²) < 4.78 is 57.6. The SMILES string of the molecule is CC[C@H](C(=O)N1CCCC[C@H]1C(=O)O[C@H](CCc1ccc(OC)c(OC)c1)c1cccc(OCC(=O)NCCOCCOCCOCCN2Cc3ccccc3/C=C(/C)c3ccccc32)c1)c1cc(OC)c(OC)c(OC)c1. The topological polar surface area (TPSA) is 162 Å². The van der Waals surface area contributed by atoms with E-state index in [1.54, 1.807) is 49.5 Å². The van der Waals surface area contributed by atoms with E-state index < -0.39 is 24.0 Å². The molecule has 3 atom stereocenters. The molecule has 0 radical (unpaired) electrons. The van der Waals surface area contributed by atoms with Crippen molar-refractivity contribution >= 4 is 35.1 Å². The zero-order chi connectivity index (χ0) is 55.2. The van der Waals surface area contributed by atoms with Gasteiger partial charge in [0.25, 0.3) is 5.91 Å². The first-order valence-corrected chi connectivity index (χ1v) is 26.9. The highest BCUT2D eigenvalue weighted by molar-refractivity contribution is 5.90. The van der Waals surface area contributed by atoms with E-state index >= 15 is 0 Å². The molecule has 78 heavy (non-hydrogen) atoms. The van der Waals surface area contributed by atoms with Crippen molar-refractivity contribution in [3.8, 4) is 34.5 Å². The van der Waals surface area contributed by atoms with Crippen molar-refractivity contribution < 1.29 is 61.8 Å². The summed E-state index contributed by atoms with van der Waals surface area (Å²) in [6, 6.07) is 32.7. The third kappa shape index (κ3) is 15.7. The lowest BCUT2D eigenvalue weighted by molar-refractivity contribution is -0.162. The van der Waals surface area contributed by atoms with Crippen LogP contribution in [0.15, 0.2) is 103 Å². The fraction of sp³-hybridized carbons (Fsp3) is 0.435. The van der Waals surface area contributed by atoms with Crippen LogP contribution in [-0.4, -0.2) is 130 Å². The number of nitrogens with zero attached hydrogens (tertiary/aromatic N) is 2. The molecule has 1 saturated heterocycles. The van der Waals surface area contributed by atoms with Gasteiger partial charge in [0.1, 0.15) is 17.9 Å². The Morgan fingerprint density at radius 2 is 1.40 bits per heavy atom. The van der Waals surface area contributed by atoms with Crippen molar-refractivity contribution in [1.29, 1.82) is 0 Å². The molecule has 0 aromatic heterocycles. The van der Waals surface area contributed by atoms with E-state index in [9.17, 15) is 14.4 Å². The monoisotopic (exact) mass is 1070 g/mol. The van der Waals surface area contributed by atoms with E-state index in [4.69, 9.17) is 47.4 Å². The Labute approximate surface area is 459 Å². The second-order valence-electron chi connectivity index (χ2n) is 19.1. The summed E-state index contributed by atoms with van der Waals surface area (Å²) in [5.41, 5.74) is 8.51. The van der Waals surface area contributed by atoms with Gasteiger partial charge in [-0.25, -0.2) is 4.79 Å². The molecule has 2 aliphatic rings. The number of nitrogens with one attached hydrogen (secondary N) is 1. The maximum absolute atomic E-state index is 14.5. The summed E-state index contributed by atoms with van der Waals surface area (Å²) in [5.74, 6) is 1.35. The molecule has 16 nitrogen and oxygen atoms in total. The molecule has 0 unspecified atom stereocenters. The largest absolute Gasteiger partial charge is 0.493 e. The van der Waals surface area contributed by atoms with E-state index in [1.165, 1.54) is 49.3 Å². The van der Waals surface area contributed by atoms with Crippen LogP contribution in [0.5, 0.6) is 34.5 Å². The van der Waals surface area contributed by atoms with Crippen LogP contribution in [0.2, 0.25) is 0 Å². The Hall–Kier alpha value is -7.27. The van der Waals surface area contributed by atoms with Crippen LogP contribution in [0.1, 0.15) is 91.4 Å². The summed E-state index contributed by atoms with van der Waals surface area (Å²) in [5, 5.41) is 2.84. The summed E-state index contributed by atoms with van der Waals surface area (Å²) >= 11 is 0. The highest BCUT2D eigenvalue weighted by atomic mass is 16.6. The number of para-hydroxylation sites is 1. The van der Waals surface area contributed by atoms with Gasteiger partial charge in [-0.1, -0.05) is 73.7 Å². The summed E-state index contributed by atoms with van der Waals surface area (Å²) in [6.07, 6.45) is 4.89. The molecule has 0 bridgehead atoms. The maximum Gasteiger partial charge on any atom is 0.329 e. The lowest BCUT2D eigenvalue weighted by atomic mass is 9.91. The predicted octanol–water partition coefficient (Wildman–Crippen LogP) is 9.65. The average molecular weight is 1070 g/mol. The van der Waals surface area contributed by atoms with Crippen molar-refractivity contribution in [2.24, 2.45) is 0 Å². The van der Waals surface area contributed by atoms with E-state index in [-0.39, 0.29) is 18.4 Å². The number of methoxy groups -OCH3 is 5. The van der Waals surface area contributed by atoms with Crippen LogP contribution >= 0.6 is 0 Å². The second kappa shape index (κ2) is 30.0. The van der Waals surface area contributed by atoms with Crippen LogP contribution in [0.3, 0.4) is 0 Å². The quantitative estimate of drug-likeness (QED) is 0.0356. The summed E-state index contributed by atoms with van der Waals surface area (Å²) in [6.45, 7) is 8.67. The third-order valence-electron chi connectivity index (χ3n) is 14.1. The van der Waals surface area contributed by atoms with Crippen LogP contribution in [0.25, 0.3) is 11.6 Å². The normalized spacial score (nSPS) is 15.5. The minimum Gasteiger partial charge on any atom is -0.493 e. The number of rotatable bonds is 29. The van der Waals surface area contributed by atoms with Gasteiger partial charge in [0.2, 0.25) is 11.7 Å². The zero-order valence-corrected chi connectivity index (χ0v) is 46.3. The van der Waals surface area contributed by atoms with E-state index in [1.807, 2.05) is 31.2 Å². The standard InChI is InChI=1S/C62H77N3O13/c1-8-50(48-39-57(71-5)60(73-7)58(40-48)72-6)61(67)65-28-14-13-22-53(65)62(68)78-54(25-23-44-24-26-55(69-3)56(37-44)70-4)46-18-15-19-49(38-46)77-42-59(66)63-27-30-74-32-34-76-35-33-75-31-29-64-41-47-17-10-9-16-45(47)36-43(2)51-20-11-12-21-52(51)64/h9-12,15-21,24,26,36-40,50,53-54H,8,13-14,22-23,25,27-35,41-42H2,1-7H3,(H,63,66)/b43-36-/t50-,53-,54+/m0/s1. The van der Waals surface area contributed by atoms with Crippen molar-refractivity contribution in [3.05, 3.63) is 137 Å². The summed E-state index contributed by atoms with van der Waals surface area (Å²) in [7, 11) is 7.77. The number of likely N-dealkylation sites (tertiary alicyclic amines) is 1. The Morgan fingerprint density at radius 1 is 0.692 bits per heavy atom. The molecule has 1 N–H and O–H groups in total. The lowest BCUT2D eigenvalue weighted by Gasteiger charge is -2.37. The number of anilines is 1. The van der Waals surface area contributed by atoms with Gasteiger partial charge < -0.3 is 62.5 Å². The number of ether oxygens (including phenoxy) is 10. The van der Waals surface area contributed by atoms with Crippen LogP contribution < -0.4 is 38.6 Å². The number of benzene rings is 5. The number of carbonyl (C=O) groups excluding carboxylic acids is 3. The molecular weight excluding hydrogens is 995 g/mol. The molecule has 1 fully saturated rings. The van der Waals surface area contributed by atoms with Gasteiger partial charge in [0, 0.05) is 37.4 Å². The number of carbonyl (C=O) groups is 3. The Bertz CT molecular complexity index is 2760. The van der Waals surface area contributed by atoms with E-state index in [0.717, 1.165) is 31.5 Å². The Kier molecular flexibility index (Phi) is 22.5. The number of esters is 1. The number of fused-ring (bicyclic) bond motifs is 2. The third-order valence-corrected chi connectivity index (χ3v) is 14.1. The molecule has 7 rings (SSSR count).